The van der Waals surface area contributed by atoms with Crippen LogP contribution in [-0.2, 0) is 14.4 Å². The van der Waals surface area contributed by atoms with Crippen molar-refractivity contribution in [3.05, 3.63) is 0 Å². The second-order valence-corrected chi connectivity index (χ2v) is 9.50. The molecule has 4 saturated carbocycles. The highest BCUT2D eigenvalue weighted by Crippen LogP contribution is 2.64. The van der Waals surface area contributed by atoms with E-state index in [4.69, 9.17) is 9.90 Å². The summed E-state index contributed by atoms with van der Waals surface area (Å²) in [6.45, 7) is 5.44. The standard InChI is InChI=1S/C19H28O3.C2H4O2/c1-18-8-7-12(20)9-11(18)3-4-13-14-5-6-16(22)19(14,2)10-15(21)17(13)18;1-2(3)4/h11-14,17,20H,3-10H2,1-2H3;1H3,(H,3,4)/t11?,12-,13-,14-,17+,18-,19-;/m0./s1. The van der Waals surface area contributed by atoms with Gasteiger partial charge in [0, 0.05) is 31.1 Å². The summed E-state index contributed by atoms with van der Waals surface area (Å²) in [5.41, 5.74) is -0.304. The van der Waals surface area contributed by atoms with Gasteiger partial charge in [-0.25, -0.2) is 0 Å². The van der Waals surface area contributed by atoms with E-state index >= 15 is 0 Å². The first-order chi connectivity index (χ1) is 12.1. The zero-order valence-corrected chi connectivity index (χ0v) is 16.2. The first-order valence-electron chi connectivity index (χ1n) is 10.0. The molecular weight excluding hydrogens is 332 g/mol. The molecule has 1 unspecified atom stereocenters. The van der Waals surface area contributed by atoms with E-state index in [-0.39, 0.29) is 22.9 Å². The van der Waals surface area contributed by atoms with E-state index < -0.39 is 5.97 Å². The second-order valence-electron chi connectivity index (χ2n) is 9.50. The number of aliphatic hydroxyl groups is 1. The van der Waals surface area contributed by atoms with Gasteiger partial charge >= 0.3 is 0 Å². The van der Waals surface area contributed by atoms with Crippen molar-refractivity contribution < 1.29 is 24.6 Å². The van der Waals surface area contributed by atoms with Crippen LogP contribution in [0.4, 0.5) is 0 Å². The Morgan fingerprint density at radius 2 is 1.77 bits per heavy atom. The summed E-state index contributed by atoms with van der Waals surface area (Å²) in [4.78, 5) is 34.4. The first kappa shape index (κ1) is 19.5. The number of carbonyl (C=O) groups excluding carboxylic acids is 2. The third-order valence-electron chi connectivity index (χ3n) is 8.04. The van der Waals surface area contributed by atoms with Crippen molar-refractivity contribution in [1.82, 2.24) is 0 Å². The maximum atomic E-state index is 13.0. The lowest BCUT2D eigenvalue weighted by Gasteiger charge is -2.58. The molecule has 0 saturated heterocycles. The normalized spacial score (nSPS) is 47.2. The van der Waals surface area contributed by atoms with Crippen LogP contribution in [0.5, 0.6) is 0 Å². The summed E-state index contributed by atoms with van der Waals surface area (Å²) >= 11 is 0. The van der Waals surface area contributed by atoms with Gasteiger partial charge < -0.3 is 10.2 Å². The minimum Gasteiger partial charge on any atom is -0.481 e. The van der Waals surface area contributed by atoms with Crippen molar-refractivity contribution in [2.45, 2.75) is 78.2 Å². The van der Waals surface area contributed by atoms with Gasteiger partial charge in [-0.1, -0.05) is 13.8 Å². The van der Waals surface area contributed by atoms with Gasteiger partial charge in [0.15, 0.2) is 0 Å². The van der Waals surface area contributed by atoms with E-state index in [2.05, 4.69) is 13.8 Å². The Labute approximate surface area is 155 Å². The maximum absolute atomic E-state index is 13.0. The van der Waals surface area contributed by atoms with Gasteiger partial charge in [-0.3, -0.25) is 14.4 Å². The van der Waals surface area contributed by atoms with Crippen LogP contribution in [0.3, 0.4) is 0 Å². The van der Waals surface area contributed by atoms with E-state index in [0.717, 1.165) is 45.4 Å². The van der Waals surface area contributed by atoms with Gasteiger partial charge in [0.2, 0.25) is 0 Å². The Morgan fingerprint density at radius 1 is 1.12 bits per heavy atom. The molecule has 146 valence electrons. The number of carboxylic acid groups (broad SMARTS) is 1. The van der Waals surface area contributed by atoms with Gasteiger partial charge in [-0.05, 0) is 61.7 Å². The van der Waals surface area contributed by atoms with Crippen LogP contribution in [0.1, 0.15) is 72.1 Å². The third kappa shape index (κ3) is 3.02. The Kier molecular flexibility index (Phi) is 5.06. The van der Waals surface area contributed by atoms with Crippen LogP contribution in [-0.4, -0.2) is 33.9 Å². The van der Waals surface area contributed by atoms with Crippen molar-refractivity contribution in [2.24, 2.45) is 34.5 Å². The summed E-state index contributed by atoms with van der Waals surface area (Å²) < 4.78 is 0. The van der Waals surface area contributed by atoms with E-state index in [9.17, 15) is 14.7 Å². The third-order valence-corrected chi connectivity index (χ3v) is 8.04. The number of ketones is 2. The number of aliphatic carboxylic acids is 1. The number of rotatable bonds is 0. The Hall–Kier alpha value is -1.23. The summed E-state index contributed by atoms with van der Waals surface area (Å²) in [5, 5.41) is 17.4. The number of fused-ring (bicyclic) bond motifs is 5. The molecule has 4 aliphatic carbocycles. The lowest BCUT2D eigenvalue weighted by atomic mass is 9.45. The molecule has 7 atom stereocenters. The van der Waals surface area contributed by atoms with Gasteiger partial charge in [0.1, 0.15) is 11.6 Å². The molecule has 4 fully saturated rings. The molecule has 0 amide bonds. The van der Waals surface area contributed by atoms with Crippen LogP contribution in [0, 0.1) is 34.5 Å². The van der Waals surface area contributed by atoms with Gasteiger partial charge in [0.05, 0.1) is 6.10 Å². The molecule has 0 heterocycles. The zero-order chi connectivity index (χ0) is 19.3. The molecule has 0 aliphatic heterocycles. The van der Waals surface area contributed by atoms with Crippen molar-refractivity contribution in [3.8, 4) is 0 Å². The molecule has 5 nitrogen and oxygen atoms in total. The summed E-state index contributed by atoms with van der Waals surface area (Å²) in [6, 6.07) is 0. The summed E-state index contributed by atoms with van der Waals surface area (Å²) in [5.74, 6) is 1.31. The highest BCUT2D eigenvalue weighted by Gasteiger charge is 2.63. The minimum atomic E-state index is -0.833. The average Bonchev–Trinajstić information content (AvgIpc) is 2.82. The predicted octanol–water partition coefficient (Wildman–Crippen LogP) is 3.23. The molecule has 0 bridgehead atoms. The number of carboxylic acids is 1. The van der Waals surface area contributed by atoms with Crippen LogP contribution in [0.25, 0.3) is 0 Å². The van der Waals surface area contributed by atoms with Crippen molar-refractivity contribution in [1.29, 1.82) is 0 Å². The van der Waals surface area contributed by atoms with Crippen LogP contribution < -0.4 is 0 Å². The van der Waals surface area contributed by atoms with E-state index in [1.165, 1.54) is 0 Å². The molecule has 4 aliphatic rings. The van der Waals surface area contributed by atoms with Crippen LogP contribution in [0.15, 0.2) is 0 Å². The molecule has 4 rings (SSSR count). The van der Waals surface area contributed by atoms with Gasteiger partial charge in [-0.15, -0.1) is 0 Å². The minimum absolute atomic E-state index is 0.0617. The molecule has 0 aromatic heterocycles. The zero-order valence-electron chi connectivity index (χ0n) is 16.2. The predicted molar refractivity (Wildman–Crippen MR) is 96.4 cm³/mol. The lowest BCUT2D eigenvalue weighted by Crippen LogP contribution is -2.57. The first-order valence-corrected chi connectivity index (χ1v) is 10.0. The largest absolute Gasteiger partial charge is 0.481 e. The SMILES string of the molecule is CC(=O)O.C[C@]12CC[C@H](O)CC1CC[C@@H]1[C@@H]2C(=O)C[C@]2(C)C(=O)CC[C@@H]12. The van der Waals surface area contributed by atoms with E-state index in [1.807, 2.05) is 0 Å². The Morgan fingerprint density at radius 3 is 2.42 bits per heavy atom. The second kappa shape index (κ2) is 6.74. The number of aliphatic hydroxyl groups excluding tert-OH is 1. The molecule has 5 heteroatoms. The monoisotopic (exact) mass is 364 g/mol. The average molecular weight is 364 g/mol. The van der Waals surface area contributed by atoms with E-state index in [1.54, 1.807) is 0 Å². The molecule has 0 spiro atoms. The Balaban J connectivity index is 0.000000447. The van der Waals surface area contributed by atoms with Crippen molar-refractivity contribution in [3.63, 3.8) is 0 Å². The number of hydrogen-bond acceptors (Lipinski definition) is 4. The molecule has 26 heavy (non-hydrogen) atoms. The highest BCUT2D eigenvalue weighted by molar-refractivity contribution is 5.95. The highest BCUT2D eigenvalue weighted by atomic mass is 16.4. The van der Waals surface area contributed by atoms with Gasteiger partial charge in [-0.2, -0.15) is 0 Å². The summed E-state index contributed by atoms with van der Waals surface area (Å²) in [7, 11) is 0. The fourth-order valence-electron chi connectivity index (χ4n) is 6.83. The van der Waals surface area contributed by atoms with Gasteiger partial charge in [0.25, 0.3) is 5.97 Å². The van der Waals surface area contributed by atoms with Crippen LogP contribution >= 0.6 is 0 Å². The smallest absolute Gasteiger partial charge is 0.300 e. The number of carbonyl (C=O) groups is 3. The Bertz CT molecular complexity index is 610. The number of hydrogen-bond donors (Lipinski definition) is 2. The van der Waals surface area contributed by atoms with Crippen LogP contribution in [0.2, 0.25) is 0 Å². The van der Waals surface area contributed by atoms with E-state index in [0.29, 0.717) is 42.2 Å². The molecular formula is C21H32O5. The quantitative estimate of drug-likeness (QED) is 0.688. The fourth-order valence-corrected chi connectivity index (χ4v) is 6.83. The summed E-state index contributed by atoms with van der Waals surface area (Å²) in [6.07, 6.45) is 6.86. The fraction of sp³-hybridized carbons (Fsp3) is 0.857. The van der Waals surface area contributed by atoms with Crippen molar-refractivity contribution >= 4 is 17.5 Å². The molecule has 0 aromatic carbocycles. The maximum Gasteiger partial charge on any atom is 0.300 e. The number of Topliss-reactive ketones (excluding diaryl/α,β-unsaturated/α-hetero) is 2. The van der Waals surface area contributed by atoms with Crippen molar-refractivity contribution in [2.75, 3.05) is 0 Å². The molecule has 0 aromatic rings. The molecule has 2 N–H and O–H groups in total. The molecule has 0 radical (unpaired) electrons. The topological polar surface area (TPSA) is 91.7 Å². The lowest BCUT2D eigenvalue weighted by molar-refractivity contribution is -0.162.